The molecule has 32 heavy (non-hydrogen) atoms. The van der Waals surface area contributed by atoms with E-state index in [9.17, 15) is 9.90 Å². The molecule has 9 nitrogen and oxygen atoms in total. The van der Waals surface area contributed by atoms with Crippen LogP contribution >= 0.6 is 0 Å². The summed E-state index contributed by atoms with van der Waals surface area (Å²) in [5.41, 5.74) is 3.00. The molecule has 0 saturated heterocycles. The highest BCUT2D eigenvalue weighted by atomic mass is 16.4. The van der Waals surface area contributed by atoms with Gasteiger partial charge < -0.3 is 20.8 Å². The number of carbonyl (C=O) groups is 1. The lowest BCUT2D eigenvalue weighted by Gasteiger charge is -2.60. The first-order chi connectivity index (χ1) is 15.4. The summed E-state index contributed by atoms with van der Waals surface area (Å²) in [7, 11) is 1.88. The summed E-state index contributed by atoms with van der Waals surface area (Å²) in [5.74, 6) is 0.788. The van der Waals surface area contributed by atoms with Crippen molar-refractivity contribution in [2.24, 2.45) is 17.3 Å². The first-order valence-electron chi connectivity index (χ1n) is 11.5. The van der Waals surface area contributed by atoms with E-state index >= 15 is 0 Å². The van der Waals surface area contributed by atoms with E-state index in [0.29, 0.717) is 24.2 Å². The SMILES string of the molecule is CNc1cc(CNCC23CC4CC(CC(O)(C4)C2)C3)ccc1Cn1nnnc1CC(=O)O. The van der Waals surface area contributed by atoms with Crippen molar-refractivity contribution in [2.45, 2.75) is 63.6 Å². The van der Waals surface area contributed by atoms with Gasteiger partial charge in [0.15, 0.2) is 5.82 Å². The quantitative estimate of drug-likeness (QED) is 0.465. The summed E-state index contributed by atoms with van der Waals surface area (Å²) in [5, 5.41) is 38.3. The molecule has 1 aromatic heterocycles. The standard InChI is InChI=1S/C23H32N6O3/c1-24-19-5-15(2-3-18(19)12-29-20(6-21(30)31)26-27-28-29)11-25-14-22-7-16-4-17(8-22)10-23(32,9-16)13-22/h2-3,5,16-17,24-25,32H,4,6-14H2,1H3,(H,30,31). The number of anilines is 1. The fourth-order valence-corrected chi connectivity index (χ4v) is 6.95. The van der Waals surface area contributed by atoms with Gasteiger partial charge in [0, 0.05) is 25.8 Å². The second-order valence-electron chi connectivity index (χ2n) is 10.4. The average molecular weight is 441 g/mol. The van der Waals surface area contributed by atoms with Gasteiger partial charge in [-0.05, 0) is 83.4 Å². The Morgan fingerprint density at radius 2 is 2.03 bits per heavy atom. The van der Waals surface area contributed by atoms with E-state index in [4.69, 9.17) is 5.11 Å². The maximum Gasteiger partial charge on any atom is 0.311 e. The van der Waals surface area contributed by atoms with Crippen LogP contribution in [0.4, 0.5) is 5.69 Å². The third kappa shape index (κ3) is 4.23. The molecule has 2 atom stereocenters. The van der Waals surface area contributed by atoms with E-state index in [0.717, 1.165) is 43.6 Å². The molecule has 4 bridgehead atoms. The average Bonchev–Trinajstić information content (AvgIpc) is 3.13. The highest BCUT2D eigenvalue weighted by molar-refractivity contribution is 5.69. The summed E-state index contributed by atoms with van der Waals surface area (Å²) in [6.45, 7) is 2.14. The maximum absolute atomic E-state index is 11.0. The molecule has 4 aliphatic carbocycles. The van der Waals surface area contributed by atoms with Crippen molar-refractivity contribution < 1.29 is 15.0 Å². The summed E-state index contributed by atoms with van der Waals surface area (Å²) in [6.07, 6.45) is 6.58. The molecule has 9 heteroatoms. The molecule has 0 radical (unpaired) electrons. The van der Waals surface area contributed by atoms with E-state index in [1.54, 1.807) is 0 Å². The van der Waals surface area contributed by atoms with Gasteiger partial charge in [-0.1, -0.05) is 12.1 Å². The largest absolute Gasteiger partial charge is 0.481 e. The Bertz CT molecular complexity index is 991. The second kappa shape index (κ2) is 8.12. The number of tetrazole rings is 1. The monoisotopic (exact) mass is 440 g/mol. The number of aromatic nitrogens is 4. The molecular weight excluding hydrogens is 408 g/mol. The molecule has 172 valence electrons. The number of benzene rings is 1. The lowest BCUT2D eigenvalue weighted by molar-refractivity contribution is -0.162. The van der Waals surface area contributed by atoms with E-state index in [1.807, 2.05) is 13.1 Å². The maximum atomic E-state index is 11.0. The number of rotatable bonds is 9. The van der Waals surface area contributed by atoms with Gasteiger partial charge in [-0.2, -0.15) is 0 Å². The van der Waals surface area contributed by atoms with Crippen molar-refractivity contribution in [3.8, 4) is 0 Å². The van der Waals surface area contributed by atoms with Crippen LogP contribution in [0, 0.1) is 17.3 Å². The Kier molecular flexibility index (Phi) is 5.41. The van der Waals surface area contributed by atoms with E-state index < -0.39 is 11.6 Å². The lowest BCUT2D eigenvalue weighted by atomic mass is 9.48. The topological polar surface area (TPSA) is 125 Å². The van der Waals surface area contributed by atoms with Crippen LogP contribution in [-0.4, -0.2) is 55.6 Å². The van der Waals surface area contributed by atoms with Gasteiger partial charge in [-0.25, -0.2) is 4.68 Å². The minimum atomic E-state index is -0.956. The molecule has 4 N–H and O–H groups in total. The summed E-state index contributed by atoms with van der Waals surface area (Å²) in [6, 6.07) is 6.26. The zero-order valence-corrected chi connectivity index (χ0v) is 18.5. The third-order valence-corrected chi connectivity index (χ3v) is 7.66. The van der Waals surface area contributed by atoms with Crippen LogP contribution in [-0.2, 0) is 24.3 Å². The zero-order chi connectivity index (χ0) is 22.3. The highest BCUT2D eigenvalue weighted by Crippen LogP contribution is 2.61. The van der Waals surface area contributed by atoms with Gasteiger partial charge in [0.1, 0.15) is 6.42 Å². The van der Waals surface area contributed by atoms with Gasteiger partial charge in [0.2, 0.25) is 0 Å². The van der Waals surface area contributed by atoms with E-state index in [2.05, 4.69) is 38.3 Å². The molecule has 1 heterocycles. The fourth-order valence-electron chi connectivity index (χ4n) is 6.95. The number of nitrogens with zero attached hydrogens (tertiary/aromatic N) is 4. The van der Waals surface area contributed by atoms with Gasteiger partial charge in [-0.15, -0.1) is 5.10 Å². The smallest absolute Gasteiger partial charge is 0.311 e. The summed E-state index contributed by atoms with van der Waals surface area (Å²) < 4.78 is 1.53. The molecule has 0 aliphatic heterocycles. The molecule has 2 aromatic rings. The predicted octanol–water partition coefficient (Wildman–Crippen LogP) is 1.81. The van der Waals surface area contributed by atoms with Crippen LogP contribution in [0.2, 0.25) is 0 Å². The molecule has 4 saturated carbocycles. The van der Waals surface area contributed by atoms with E-state index in [-0.39, 0.29) is 11.8 Å². The van der Waals surface area contributed by atoms with Crippen molar-refractivity contribution in [2.75, 3.05) is 18.9 Å². The molecule has 0 spiro atoms. The van der Waals surface area contributed by atoms with Crippen molar-refractivity contribution >= 4 is 11.7 Å². The first-order valence-corrected chi connectivity index (χ1v) is 11.5. The Balaban J connectivity index is 1.22. The summed E-state index contributed by atoms with van der Waals surface area (Å²) >= 11 is 0. The highest BCUT2D eigenvalue weighted by Gasteiger charge is 2.56. The fraction of sp³-hybridized carbons (Fsp3) is 0.652. The van der Waals surface area contributed by atoms with Crippen molar-refractivity contribution in [1.82, 2.24) is 25.5 Å². The molecule has 2 unspecified atom stereocenters. The van der Waals surface area contributed by atoms with Gasteiger partial charge in [0.25, 0.3) is 0 Å². The van der Waals surface area contributed by atoms with Crippen LogP contribution in [0.1, 0.15) is 55.5 Å². The molecule has 0 amide bonds. The van der Waals surface area contributed by atoms with Crippen LogP contribution in [0.3, 0.4) is 0 Å². The Morgan fingerprint density at radius 3 is 2.72 bits per heavy atom. The van der Waals surface area contributed by atoms with Crippen LogP contribution in [0.25, 0.3) is 0 Å². The van der Waals surface area contributed by atoms with Gasteiger partial charge in [0.05, 0.1) is 12.1 Å². The normalized spacial score (nSPS) is 30.6. The number of carboxylic acids is 1. The van der Waals surface area contributed by atoms with Crippen LogP contribution < -0.4 is 10.6 Å². The molecular formula is C23H32N6O3. The minimum Gasteiger partial charge on any atom is -0.481 e. The third-order valence-electron chi connectivity index (χ3n) is 7.66. The molecule has 6 rings (SSSR count). The van der Waals surface area contributed by atoms with Gasteiger partial charge >= 0.3 is 5.97 Å². The lowest BCUT2D eigenvalue weighted by Crippen LogP contribution is -2.58. The Hall–Kier alpha value is -2.52. The molecule has 1 aromatic carbocycles. The van der Waals surface area contributed by atoms with Crippen molar-refractivity contribution in [1.29, 1.82) is 0 Å². The van der Waals surface area contributed by atoms with Crippen molar-refractivity contribution in [3.05, 3.63) is 35.2 Å². The van der Waals surface area contributed by atoms with Crippen LogP contribution in [0.5, 0.6) is 0 Å². The number of aliphatic hydroxyl groups is 1. The number of aliphatic carboxylic acids is 1. The summed E-state index contributed by atoms with van der Waals surface area (Å²) in [4.78, 5) is 11.0. The van der Waals surface area contributed by atoms with E-state index in [1.165, 1.54) is 29.5 Å². The Morgan fingerprint density at radius 1 is 1.25 bits per heavy atom. The van der Waals surface area contributed by atoms with Gasteiger partial charge in [-0.3, -0.25) is 4.79 Å². The Labute approximate surface area is 187 Å². The van der Waals surface area contributed by atoms with Crippen molar-refractivity contribution in [3.63, 3.8) is 0 Å². The number of hydrogen-bond acceptors (Lipinski definition) is 7. The number of nitrogens with one attached hydrogen (secondary N) is 2. The van der Waals surface area contributed by atoms with Crippen LogP contribution in [0.15, 0.2) is 18.2 Å². The minimum absolute atomic E-state index is 0.206. The second-order valence-corrected chi connectivity index (χ2v) is 10.4. The number of hydrogen-bond donors (Lipinski definition) is 4. The zero-order valence-electron chi connectivity index (χ0n) is 18.5. The molecule has 4 fully saturated rings. The predicted molar refractivity (Wildman–Crippen MR) is 118 cm³/mol. The molecule has 4 aliphatic rings. The first kappa shape index (κ1) is 21.3. The number of carboxylic acid groups (broad SMARTS) is 1.